The molecule has 5 heteroatoms. The van der Waals surface area contributed by atoms with Gasteiger partial charge in [0.2, 0.25) is 0 Å². The molecule has 0 spiro atoms. The van der Waals surface area contributed by atoms with Crippen molar-refractivity contribution in [1.82, 2.24) is 0 Å². The minimum atomic E-state index is -0.847. The standard InChI is InChI=1S/C12H22O5/c1-5-9-6-12(3,4)17-16-11(9)10(14)7-15-8(2)13/h9-11,14H,5-7H2,1-4H3/t9-,10?,11+/m1/s1. The highest BCUT2D eigenvalue weighted by atomic mass is 17.2. The van der Waals surface area contributed by atoms with Crippen molar-refractivity contribution in [3.05, 3.63) is 0 Å². The van der Waals surface area contributed by atoms with Crippen LogP contribution >= 0.6 is 0 Å². The van der Waals surface area contributed by atoms with Crippen LogP contribution in [0.5, 0.6) is 0 Å². The van der Waals surface area contributed by atoms with E-state index in [-0.39, 0.29) is 18.1 Å². The molecular weight excluding hydrogens is 224 g/mol. The van der Waals surface area contributed by atoms with Gasteiger partial charge in [-0.3, -0.25) is 4.79 Å². The normalized spacial score (nSPS) is 29.7. The zero-order valence-electron chi connectivity index (χ0n) is 10.9. The van der Waals surface area contributed by atoms with E-state index >= 15 is 0 Å². The lowest BCUT2D eigenvalue weighted by atomic mass is 9.84. The molecule has 3 atom stereocenters. The first-order valence-corrected chi connectivity index (χ1v) is 6.01. The van der Waals surface area contributed by atoms with Crippen molar-refractivity contribution in [3.63, 3.8) is 0 Å². The number of hydrogen-bond donors (Lipinski definition) is 1. The molecule has 1 aliphatic heterocycles. The smallest absolute Gasteiger partial charge is 0.302 e. The third kappa shape index (κ3) is 4.26. The highest BCUT2D eigenvalue weighted by Crippen LogP contribution is 2.34. The third-order valence-electron chi connectivity index (χ3n) is 2.96. The lowest BCUT2D eigenvalue weighted by Crippen LogP contribution is -2.48. The number of hydrogen-bond acceptors (Lipinski definition) is 5. The van der Waals surface area contributed by atoms with Crippen LogP contribution in [-0.4, -0.2) is 35.5 Å². The molecule has 1 saturated heterocycles. The molecule has 1 N–H and O–H groups in total. The number of ether oxygens (including phenoxy) is 1. The van der Waals surface area contributed by atoms with Crippen LogP contribution in [0.15, 0.2) is 0 Å². The Labute approximate surface area is 102 Å². The maximum absolute atomic E-state index is 10.7. The molecule has 5 nitrogen and oxygen atoms in total. The zero-order chi connectivity index (χ0) is 13.1. The fourth-order valence-electron chi connectivity index (χ4n) is 2.10. The van der Waals surface area contributed by atoms with Gasteiger partial charge in [-0.1, -0.05) is 13.3 Å². The van der Waals surface area contributed by atoms with Gasteiger partial charge in [0, 0.05) is 6.92 Å². The van der Waals surface area contributed by atoms with Gasteiger partial charge in [-0.2, -0.15) is 0 Å². The molecule has 1 fully saturated rings. The molecule has 0 radical (unpaired) electrons. The van der Waals surface area contributed by atoms with Crippen LogP contribution in [0, 0.1) is 5.92 Å². The second-order valence-electron chi connectivity index (χ2n) is 5.15. The predicted molar refractivity (Wildman–Crippen MR) is 61.1 cm³/mol. The minimum absolute atomic E-state index is 0.0553. The summed E-state index contributed by atoms with van der Waals surface area (Å²) < 4.78 is 4.78. The van der Waals surface area contributed by atoms with Gasteiger partial charge in [0.15, 0.2) is 0 Å². The number of esters is 1. The van der Waals surface area contributed by atoms with Gasteiger partial charge < -0.3 is 9.84 Å². The van der Waals surface area contributed by atoms with E-state index in [1.807, 2.05) is 20.8 Å². The average molecular weight is 246 g/mol. The number of carbonyl (C=O) groups is 1. The van der Waals surface area contributed by atoms with Crippen molar-refractivity contribution in [1.29, 1.82) is 0 Å². The first kappa shape index (κ1) is 14.4. The van der Waals surface area contributed by atoms with Gasteiger partial charge >= 0.3 is 5.97 Å². The summed E-state index contributed by atoms with van der Waals surface area (Å²) in [6, 6.07) is 0. The second kappa shape index (κ2) is 5.80. The quantitative estimate of drug-likeness (QED) is 0.600. The number of carbonyl (C=O) groups excluding carboxylic acids is 1. The Bertz CT molecular complexity index is 264. The largest absolute Gasteiger partial charge is 0.463 e. The van der Waals surface area contributed by atoms with Crippen LogP contribution in [-0.2, 0) is 19.3 Å². The number of aliphatic hydroxyl groups is 1. The van der Waals surface area contributed by atoms with E-state index in [4.69, 9.17) is 14.5 Å². The van der Waals surface area contributed by atoms with Gasteiger partial charge in [0.05, 0.1) is 5.60 Å². The Hall–Kier alpha value is -0.650. The van der Waals surface area contributed by atoms with Crippen molar-refractivity contribution in [2.75, 3.05) is 6.61 Å². The van der Waals surface area contributed by atoms with E-state index in [0.717, 1.165) is 12.8 Å². The van der Waals surface area contributed by atoms with Gasteiger partial charge in [0.25, 0.3) is 0 Å². The topological polar surface area (TPSA) is 65.0 Å². The Morgan fingerprint density at radius 1 is 1.59 bits per heavy atom. The fourth-order valence-corrected chi connectivity index (χ4v) is 2.10. The summed E-state index contributed by atoms with van der Waals surface area (Å²) in [6.07, 6.45) is 0.409. The molecule has 0 aliphatic carbocycles. The van der Waals surface area contributed by atoms with Crippen molar-refractivity contribution in [2.45, 2.75) is 58.3 Å². The summed E-state index contributed by atoms with van der Waals surface area (Å²) in [5.74, 6) is -0.210. The summed E-state index contributed by atoms with van der Waals surface area (Å²) in [7, 11) is 0. The van der Waals surface area contributed by atoms with Crippen LogP contribution in [0.2, 0.25) is 0 Å². The number of aliphatic hydroxyl groups excluding tert-OH is 1. The van der Waals surface area contributed by atoms with Gasteiger partial charge in [-0.25, -0.2) is 9.78 Å². The lowest BCUT2D eigenvalue weighted by Gasteiger charge is -2.40. The van der Waals surface area contributed by atoms with Gasteiger partial charge in [0.1, 0.15) is 18.8 Å². The monoisotopic (exact) mass is 246 g/mol. The maximum Gasteiger partial charge on any atom is 0.302 e. The van der Waals surface area contributed by atoms with E-state index in [2.05, 4.69) is 0 Å². The maximum atomic E-state index is 10.7. The SMILES string of the molecule is CC[C@@H]1CC(C)(C)OO[C@@H]1C(O)COC(C)=O. The molecule has 1 rings (SSSR count). The third-order valence-corrected chi connectivity index (χ3v) is 2.96. The van der Waals surface area contributed by atoms with Crippen LogP contribution < -0.4 is 0 Å². The Morgan fingerprint density at radius 2 is 2.24 bits per heavy atom. The molecule has 0 amide bonds. The summed E-state index contributed by atoms with van der Waals surface area (Å²) in [5, 5.41) is 9.91. The molecule has 0 aromatic carbocycles. The molecule has 1 heterocycles. The van der Waals surface area contributed by atoms with Crippen molar-refractivity contribution in [3.8, 4) is 0 Å². The second-order valence-corrected chi connectivity index (χ2v) is 5.15. The highest BCUT2D eigenvalue weighted by Gasteiger charge is 2.40. The Balaban J connectivity index is 2.54. The lowest BCUT2D eigenvalue weighted by molar-refractivity contribution is -0.424. The first-order valence-electron chi connectivity index (χ1n) is 6.01. The molecule has 0 aromatic heterocycles. The summed E-state index contributed by atoms with van der Waals surface area (Å²) in [6.45, 7) is 7.20. The van der Waals surface area contributed by atoms with Crippen LogP contribution in [0.1, 0.15) is 40.5 Å². The molecule has 1 unspecified atom stereocenters. The van der Waals surface area contributed by atoms with E-state index in [1.165, 1.54) is 6.92 Å². The van der Waals surface area contributed by atoms with E-state index < -0.39 is 18.2 Å². The van der Waals surface area contributed by atoms with Crippen LogP contribution in [0.3, 0.4) is 0 Å². The van der Waals surface area contributed by atoms with E-state index in [9.17, 15) is 9.90 Å². The van der Waals surface area contributed by atoms with E-state index in [1.54, 1.807) is 0 Å². The molecule has 0 bridgehead atoms. The minimum Gasteiger partial charge on any atom is -0.463 e. The summed E-state index contributed by atoms with van der Waals surface area (Å²) in [4.78, 5) is 21.2. The van der Waals surface area contributed by atoms with Crippen LogP contribution in [0.4, 0.5) is 0 Å². The molecule has 1 aliphatic rings. The highest BCUT2D eigenvalue weighted by molar-refractivity contribution is 5.65. The molecular formula is C12H22O5. The predicted octanol–water partition coefficient (Wildman–Crippen LogP) is 1.44. The molecule has 0 aromatic rings. The summed E-state index contributed by atoms with van der Waals surface area (Å²) in [5.41, 5.74) is -0.335. The fraction of sp³-hybridized carbons (Fsp3) is 0.917. The van der Waals surface area contributed by atoms with Crippen molar-refractivity contribution in [2.24, 2.45) is 5.92 Å². The van der Waals surface area contributed by atoms with Crippen molar-refractivity contribution < 1.29 is 24.4 Å². The van der Waals surface area contributed by atoms with Crippen molar-refractivity contribution >= 4 is 5.97 Å². The molecule has 100 valence electrons. The average Bonchev–Trinajstić information content (AvgIpc) is 2.24. The van der Waals surface area contributed by atoms with E-state index in [0.29, 0.717) is 0 Å². The zero-order valence-corrected chi connectivity index (χ0v) is 10.9. The number of rotatable bonds is 4. The molecule has 17 heavy (non-hydrogen) atoms. The van der Waals surface area contributed by atoms with Crippen LogP contribution in [0.25, 0.3) is 0 Å². The molecule has 0 saturated carbocycles. The first-order chi connectivity index (χ1) is 7.85. The van der Waals surface area contributed by atoms with Gasteiger partial charge in [-0.05, 0) is 26.2 Å². The Morgan fingerprint density at radius 3 is 2.76 bits per heavy atom. The summed E-state index contributed by atoms with van der Waals surface area (Å²) >= 11 is 0. The Kier molecular flexibility index (Phi) is 4.91. The van der Waals surface area contributed by atoms with Gasteiger partial charge in [-0.15, -0.1) is 0 Å².